The number of nitrogens with zero attached hydrogens (tertiary/aromatic N) is 4. The van der Waals surface area contributed by atoms with Crippen LogP contribution in [0.25, 0.3) is 15.5 Å². The smallest absolute Gasteiger partial charge is 0.261 e. The summed E-state index contributed by atoms with van der Waals surface area (Å²) in [6, 6.07) is 11.0. The lowest BCUT2D eigenvalue weighted by Gasteiger charge is -2.13. The Morgan fingerprint density at radius 3 is 2.87 bits per heavy atom. The topological polar surface area (TPSA) is 93.4 Å². The second kappa shape index (κ2) is 8.76. The lowest BCUT2D eigenvalue weighted by atomic mass is 10.2. The Morgan fingerprint density at radius 1 is 1.27 bits per heavy atom. The molecule has 0 aliphatic carbocycles. The molecule has 2 aromatic heterocycles. The minimum absolute atomic E-state index is 0.161. The third-order valence-electron chi connectivity index (χ3n) is 3.94. The van der Waals surface area contributed by atoms with E-state index in [1.807, 2.05) is 24.3 Å². The fourth-order valence-corrected chi connectivity index (χ4v) is 5.09. The van der Waals surface area contributed by atoms with Crippen LogP contribution in [0.2, 0.25) is 0 Å². The summed E-state index contributed by atoms with van der Waals surface area (Å²) in [6.07, 6.45) is 1.55. The zero-order chi connectivity index (χ0) is 21.3. The van der Waals surface area contributed by atoms with Crippen molar-refractivity contribution in [3.05, 3.63) is 57.2 Å². The van der Waals surface area contributed by atoms with Gasteiger partial charge in [0.05, 0.1) is 17.1 Å². The molecule has 152 valence electrons. The first-order valence-electron chi connectivity index (χ1n) is 8.37. The molecule has 0 atom stereocenters. The van der Waals surface area contributed by atoms with Crippen LogP contribution in [0, 0.1) is 0 Å². The van der Waals surface area contributed by atoms with Gasteiger partial charge < -0.3 is 10.1 Å². The Morgan fingerprint density at radius 2 is 2.10 bits per heavy atom. The number of amides is 1. The Bertz CT molecular complexity index is 1240. The minimum atomic E-state index is -0.392. The van der Waals surface area contributed by atoms with Crippen LogP contribution in [0.5, 0.6) is 5.75 Å². The molecule has 12 heteroatoms. The van der Waals surface area contributed by atoms with Crippen LogP contribution in [0.4, 0.5) is 5.69 Å². The quantitative estimate of drug-likeness (QED) is 0.350. The first-order chi connectivity index (χ1) is 14.4. The van der Waals surface area contributed by atoms with Crippen LogP contribution in [0.3, 0.4) is 0 Å². The standard InChI is InChI=1S/C18H12Br2N6O2S2/c1-28-14-12(6-10(19)7-13(14)20)15(27)23-17(29)22-11-4-2-3-9(5-11)16-25-26-8-21-24-18(26)30-16/h2-8H,1H3,(H2,22,23,27,29). The molecule has 0 saturated carbocycles. The molecule has 0 fully saturated rings. The highest BCUT2D eigenvalue weighted by Gasteiger charge is 2.17. The van der Waals surface area contributed by atoms with Gasteiger partial charge in [0.1, 0.15) is 17.1 Å². The largest absolute Gasteiger partial charge is 0.495 e. The summed E-state index contributed by atoms with van der Waals surface area (Å²) >= 11 is 13.5. The molecule has 0 unspecified atom stereocenters. The number of halogens is 2. The van der Waals surface area contributed by atoms with Crippen LogP contribution < -0.4 is 15.4 Å². The summed E-state index contributed by atoms with van der Waals surface area (Å²) in [5, 5.41) is 18.9. The van der Waals surface area contributed by atoms with Crippen LogP contribution in [-0.4, -0.2) is 37.9 Å². The minimum Gasteiger partial charge on any atom is -0.495 e. The predicted molar refractivity (Wildman–Crippen MR) is 126 cm³/mol. The van der Waals surface area contributed by atoms with Gasteiger partial charge in [-0.25, -0.2) is 0 Å². The number of hydrogen-bond acceptors (Lipinski definition) is 7. The molecule has 4 aromatic rings. The van der Waals surface area contributed by atoms with Crippen molar-refractivity contribution in [1.82, 2.24) is 25.1 Å². The van der Waals surface area contributed by atoms with Crippen molar-refractivity contribution in [2.45, 2.75) is 0 Å². The molecule has 8 nitrogen and oxygen atoms in total. The number of carbonyl (C=O) groups excluding carboxylic acids is 1. The fraction of sp³-hybridized carbons (Fsp3) is 0.0556. The van der Waals surface area contributed by atoms with E-state index >= 15 is 0 Å². The number of hydrogen-bond donors (Lipinski definition) is 2. The fourth-order valence-electron chi connectivity index (χ4n) is 2.68. The summed E-state index contributed by atoms with van der Waals surface area (Å²) in [6.45, 7) is 0. The number of benzene rings is 2. The third-order valence-corrected chi connectivity index (χ3v) is 6.15. The van der Waals surface area contributed by atoms with Crippen LogP contribution in [-0.2, 0) is 0 Å². The van der Waals surface area contributed by atoms with Gasteiger partial charge in [-0.15, -0.1) is 10.2 Å². The Kier molecular flexibility index (Phi) is 6.09. The summed E-state index contributed by atoms with van der Waals surface area (Å²) < 4.78 is 8.33. The zero-order valence-corrected chi connectivity index (χ0v) is 20.0. The predicted octanol–water partition coefficient (Wildman–Crippen LogP) is 4.51. The van der Waals surface area contributed by atoms with E-state index < -0.39 is 5.91 Å². The van der Waals surface area contributed by atoms with Gasteiger partial charge in [-0.3, -0.25) is 10.1 Å². The van der Waals surface area contributed by atoms with E-state index in [9.17, 15) is 4.79 Å². The molecule has 30 heavy (non-hydrogen) atoms. The lowest BCUT2D eigenvalue weighted by molar-refractivity contribution is 0.0974. The molecule has 2 heterocycles. The molecule has 0 bridgehead atoms. The number of thiocarbonyl (C=S) groups is 1. The van der Waals surface area contributed by atoms with Gasteiger partial charge in [0.2, 0.25) is 4.96 Å². The molecular weight excluding hydrogens is 556 g/mol. The summed E-state index contributed by atoms with van der Waals surface area (Å²) in [4.78, 5) is 13.4. The van der Waals surface area contributed by atoms with E-state index in [0.717, 1.165) is 15.0 Å². The number of rotatable bonds is 4. The normalized spacial score (nSPS) is 10.8. The average molecular weight is 568 g/mol. The van der Waals surface area contributed by atoms with E-state index in [4.69, 9.17) is 17.0 Å². The maximum Gasteiger partial charge on any atom is 0.261 e. The third kappa shape index (κ3) is 4.36. The number of carbonyl (C=O) groups is 1. The monoisotopic (exact) mass is 566 g/mol. The van der Waals surface area contributed by atoms with E-state index in [1.54, 1.807) is 23.0 Å². The van der Waals surface area contributed by atoms with Gasteiger partial charge in [-0.1, -0.05) is 39.4 Å². The summed E-state index contributed by atoms with van der Waals surface area (Å²) in [5.41, 5.74) is 1.95. The highest BCUT2D eigenvalue weighted by molar-refractivity contribution is 9.11. The van der Waals surface area contributed by atoms with Crippen molar-refractivity contribution in [3.63, 3.8) is 0 Å². The van der Waals surface area contributed by atoms with Gasteiger partial charge in [0.25, 0.3) is 5.91 Å². The van der Waals surface area contributed by atoms with Crippen LogP contribution in [0.15, 0.2) is 51.7 Å². The van der Waals surface area contributed by atoms with Gasteiger partial charge >= 0.3 is 0 Å². The van der Waals surface area contributed by atoms with E-state index in [1.165, 1.54) is 18.4 Å². The molecular formula is C18H12Br2N6O2S2. The maximum atomic E-state index is 12.7. The van der Waals surface area contributed by atoms with Gasteiger partial charge in [0.15, 0.2) is 5.11 Å². The van der Waals surface area contributed by atoms with Gasteiger partial charge in [-0.2, -0.15) is 9.61 Å². The molecule has 0 aliphatic rings. The van der Waals surface area contributed by atoms with Crippen molar-refractivity contribution in [2.24, 2.45) is 0 Å². The van der Waals surface area contributed by atoms with Crippen molar-refractivity contribution >= 4 is 77.1 Å². The van der Waals surface area contributed by atoms with Crippen molar-refractivity contribution in [3.8, 4) is 16.3 Å². The summed E-state index contributed by atoms with van der Waals surface area (Å²) in [5.74, 6) is 0.0277. The molecule has 0 aliphatic heterocycles. The van der Waals surface area contributed by atoms with E-state index in [-0.39, 0.29) is 5.11 Å². The highest BCUT2D eigenvalue weighted by atomic mass is 79.9. The molecule has 1 amide bonds. The molecule has 0 spiro atoms. The van der Waals surface area contributed by atoms with E-state index in [0.29, 0.717) is 26.4 Å². The number of anilines is 1. The number of nitrogens with one attached hydrogen (secondary N) is 2. The van der Waals surface area contributed by atoms with Crippen LogP contribution >= 0.6 is 55.4 Å². The second-order valence-electron chi connectivity index (χ2n) is 5.92. The first kappa shape index (κ1) is 20.8. The number of methoxy groups -OCH3 is 1. The van der Waals surface area contributed by atoms with Crippen molar-refractivity contribution in [2.75, 3.05) is 12.4 Å². The van der Waals surface area contributed by atoms with Gasteiger partial charge in [0, 0.05) is 15.7 Å². The average Bonchev–Trinajstić information content (AvgIpc) is 3.29. The van der Waals surface area contributed by atoms with Gasteiger partial charge in [-0.05, 0) is 52.4 Å². The van der Waals surface area contributed by atoms with E-state index in [2.05, 4.69) is 57.8 Å². The molecule has 4 rings (SSSR count). The Labute approximate surface area is 196 Å². The van der Waals surface area contributed by atoms with Crippen molar-refractivity contribution in [1.29, 1.82) is 0 Å². The SMILES string of the molecule is COc1c(Br)cc(Br)cc1C(=O)NC(=S)Nc1cccc(-c2nn3cnnc3s2)c1. The van der Waals surface area contributed by atoms with Crippen LogP contribution in [0.1, 0.15) is 10.4 Å². The summed E-state index contributed by atoms with van der Waals surface area (Å²) in [7, 11) is 1.50. The molecule has 2 N–H and O–H groups in total. The zero-order valence-electron chi connectivity index (χ0n) is 15.2. The number of fused-ring (bicyclic) bond motifs is 1. The van der Waals surface area contributed by atoms with Crippen molar-refractivity contribution < 1.29 is 9.53 Å². The number of ether oxygens (including phenoxy) is 1. The molecule has 2 aromatic carbocycles. The number of aromatic nitrogens is 4. The molecule has 0 saturated heterocycles. The highest BCUT2D eigenvalue weighted by Crippen LogP contribution is 2.32. The maximum absolute atomic E-state index is 12.7. The Hall–Kier alpha value is -2.41. The lowest BCUT2D eigenvalue weighted by Crippen LogP contribution is -2.34. The second-order valence-corrected chi connectivity index (χ2v) is 9.06. The molecule has 0 radical (unpaired) electrons. The Balaban J connectivity index is 1.49. The first-order valence-corrected chi connectivity index (χ1v) is 11.2.